The molecule has 1 unspecified atom stereocenters. The molecule has 3 rings (SSSR count). The van der Waals surface area contributed by atoms with Crippen LogP contribution < -0.4 is 5.32 Å². The Hall–Kier alpha value is -0.760. The Morgan fingerprint density at radius 1 is 1.52 bits per heavy atom. The third-order valence-electron chi connectivity index (χ3n) is 3.01. The Balaban J connectivity index is 1.63. The molecule has 110 valence electrons. The van der Waals surface area contributed by atoms with Crippen molar-refractivity contribution >= 4 is 52.4 Å². The molecule has 1 N–H and O–H groups in total. The maximum absolute atomic E-state index is 12.1. The number of nitrogens with one attached hydrogen (secondary N) is 1. The maximum atomic E-state index is 12.1. The van der Waals surface area contributed by atoms with Crippen molar-refractivity contribution in [2.45, 2.75) is 21.7 Å². The first-order chi connectivity index (χ1) is 10.2. The second-order valence-corrected chi connectivity index (χ2v) is 8.06. The minimum Gasteiger partial charge on any atom is -0.348 e. The van der Waals surface area contributed by atoms with Crippen molar-refractivity contribution in [1.29, 1.82) is 0 Å². The Labute approximate surface area is 140 Å². The quantitative estimate of drug-likeness (QED) is 0.846. The highest BCUT2D eigenvalue weighted by molar-refractivity contribution is 8.01. The lowest BCUT2D eigenvalue weighted by atomic mass is 10.0. The summed E-state index contributed by atoms with van der Waals surface area (Å²) in [6.45, 7) is 0. The van der Waals surface area contributed by atoms with E-state index < -0.39 is 0 Å². The Kier molecular flexibility index (Phi) is 5.05. The van der Waals surface area contributed by atoms with Crippen LogP contribution in [0.4, 0.5) is 0 Å². The first kappa shape index (κ1) is 15.1. The molecule has 0 saturated carbocycles. The fraction of sp³-hybridized carbons (Fsp3) is 0.308. The molecule has 2 aromatic rings. The van der Waals surface area contributed by atoms with E-state index in [0.717, 1.165) is 22.1 Å². The van der Waals surface area contributed by atoms with Gasteiger partial charge in [-0.2, -0.15) is 0 Å². The van der Waals surface area contributed by atoms with Crippen molar-refractivity contribution in [1.82, 2.24) is 15.5 Å². The summed E-state index contributed by atoms with van der Waals surface area (Å²) in [6.07, 6.45) is 0.924. The fourth-order valence-corrected chi connectivity index (χ4v) is 4.69. The molecule has 2 heterocycles. The van der Waals surface area contributed by atoms with Gasteiger partial charge in [-0.25, -0.2) is 0 Å². The molecule has 8 heteroatoms. The number of fused-ring (bicyclic) bond motifs is 1. The maximum Gasteiger partial charge on any atom is 0.230 e. The SMILES string of the molecule is O=C(CSc1nncs1)NC1CCSc2ccc(Cl)cc21. The molecule has 0 aliphatic carbocycles. The van der Waals surface area contributed by atoms with Crippen LogP contribution in [0.25, 0.3) is 0 Å². The molecule has 1 aliphatic rings. The van der Waals surface area contributed by atoms with Gasteiger partial charge in [0.05, 0.1) is 11.8 Å². The number of amides is 1. The molecule has 1 amide bonds. The first-order valence-electron chi connectivity index (χ1n) is 6.33. The van der Waals surface area contributed by atoms with Gasteiger partial charge < -0.3 is 5.32 Å². The number of benzene rings is 1. The molecule has 21 heavy (non-hydrogen) atoms. The zero-order valence-electron chi connectivity index (χ0n) is 10.9. The fourth-order valence-electron chi connectivity index (χ4n) is 2.10. The summed E-state index contributed by atoms with van der Waals surface area (Å²) in [5, 5.41) is 11.5. The third kappa shape index (κ3) is 3.91. The number of aromatic nitrogens is 2. The van der Waals surface area contributed by atoms with E-state index in [1.54, 1.807) is 5.51 Å². The molecule has 0 bridgehead atoms. The summed E-state index contributed by atoms with van der Waals surface area (Å²) in [5.74, 6) is 1.37. The van der Waals surface area contributed by atoms with E-state index in [2.05, 4.69) is 15.5 Å². The van der Waals surface area contributed by atoms with Crippen molar-refractivity contribution in [2.24, 2.45) is 0 Å². The summed E-state index contributed by atoms with van der Waals surface area (Å²) in [4.78, 5) is 13.3. The minimum absolute atomic E-state index is 0.0121. The van der Waals surface area contributed by atoms with E-state index in [9.17, 15) is 4.79 Å². The number of thioether (sulfide) groups is 2. The third-order valence-corrected chi connectivity index (χ3v) is 6.23. The predicted molar refractivity (Wildman–Crippen MR) is 88.3 cm³/mol. The van der Waals surface area contributed by atoms with Crippen LogP contribution in [0, 0.1) is 0 Å². The molecular formula is C13H12ClN3OS3. The molecule has 0 radical (unpaired) electrons. The summed E-state index contributed by atoms with van der Waals surface area (Å²) in [6, 6.07) is 5.91. The van der Waals surface area contributed by atoms with E-state index in [0.29, 0.717) is 10.8 Å². The smallest absolute Gasteiger partial charge is 0.230 e. The Bertz CT molecular complexity index is 636. The van der Waals surface area contributed by atoms with Crippen molar-refractivity contribution in [3.8, 4) is 0 Å². The summed E-state index contributed by atoms with van der Waals surface area (Å²) in [7, 11) is 0. The number of hydrogen-bond donors (Lipinski definition) is 1. The second kappa shape index (κ2) is 7.00. The number of nitrogens with zero attached hydrogens (tertiary/aromatic N) is 2. The summed E-state index contributed by atoms with van der Waals surface area (Å²) >= 11 is 10.7. The van der Waals surface area contributed by atoms with E-state index in [1.807, 2.05) is 30.0 Å². The van der Waals surface area contributed by atoms with Gasteiger partial charge in [0.1, 0.15) is 5.51 Å². The zero-order chi connectivity index (χ0) is 14.7. The molecular weight excluding hydrogens is 346 g/mol. The van der Waals surface area contributed by atoms with E-state index in [4.69, 9.17) is 11.6 Å². The molecule has 0 saturated heterocycles. The van der Waals surface area contributed by atoms with Crippen molar-refractivity contribution in [3.63, 3.8) is 0 Å². The van der Waals surface area contributed by atoms with Crippen LogP contribution in [-0.4, -0.2) is 27.6 Å². The Morgan fingerprint density at radius 3 is 3.24 bits per heavy atom. The monoisotopic (exact) mass is 357 g/mol. The number of halogens is 1. The lowest BCUT2D eigenvalue weighted by Crippen LogP contribution is -2.31. The van der Waals surface area contributed by atoms with Crippen LogP contribution in [0.5, 0.6) is 0 Å². The average Bonchev–Trinajstić information content (AvgIpc) is 2.99. The molecule has 0 spiro atoms. The zero-order valence-corrected chi connectivity index (χ0v) is 14.1. The van der Waals surface area contributed by atoms with Crippen LogP contribution >= 0.6 is 46.5 Å². The van der Waals surface area contributed by atoms with Gasteiger partial charge in [0.25, 0.3) is 0 Å². The topological polar surface area (TPSA) is 54.9 Å². The second-order valence-electron chi connectivity index (χ2n) is 4.43. The highest BCUT2D eigenvalue weighted by Crippen LogP contribution is 2.37. The van der Waals surface area contributed by atoms with Gasteiger partial charge in [-0.1, -0.05) is 34.7 Å². The van der Waals surface area contributed by atoms with Gasteiger partial charge in [-0.05, 0) is 30.2 Å². The lowest BCUT2D eigenvalue weighted by molar-refractivity contribution is -0.119. The van der Waals surface area contributed by atoms with Gasteiger partial charge >= 0.3 is 0 Å². The number of carbonyl (C=O) groups excluding carboxylic acids is 1. The normalized spacial score (nSPS) is 17.3. The van der Waals surface area contributed by atoms with Crippen LogP contribution in [0.2, 0.25) is 5.02 Å². The summed E-state index contributed by atoms with van der Waals surface area (Å²) in [5.41, 5.74) is 2.78. The van der Waals surface area contributed by atoms with Gasteiger partial charge in [-0.3, -0.25) is 4.79 Å². The average molecular weight is 358 g/mol. The minimum atomic E-state index is 0.0121. The molecule has 0 fully saturated rings. The molecule has 1 aromatic carbocycles. The van der Waals surface area contributed by atoms with Gasteiger partial charge in [0.15, 0.2) is 4.34 Å². The number of rotatable bonds is 4. The lowest BCUT2D eigenvalue weighted by Gasteiger charge is -2.26. The van der Waals surface area contributed by atoms with Crippen LogP contribution in [0.3, 0.4) is 0 Å². The van der Waals surface area contributed by atoms with E-state index >= 15 is 0 Å². The van der Waals surface area contributed by atoms with Crippen LogP contribution in [0.1, 0.15) is 18.0 Å². The highest BCUT2D eigenvalue weighted by atomic mass is 35.5. The Morgan fingerprint density at radius 2 is 2.43 bits per heavy atom. The number of carbonyl (C=O) groups is 1. The van der Waals surface area contributed by atoms with Crippen molar-refractivity contribution in [3.05, 3.63) is 34.3 Å². The highest BCUT2D eigenvalue weighted by Gasteiger charge is 2.22. The van der Waals surface area contributed by atoms with Crippen molar-refractivity contribution in [2.75, 3.05) is 11.5 Å². The largest absolute Gasteiger partial charge is 0.348 e. The van der Waals surface area contributed by atoms with E-state index in [1.165, 1.54) is 28.0 Å². The van der Waals surface area contributed by atoms with Crippen LogP contribution in [0.15, 0.2) is 32.9 Å². The van der Waals surface area contributed by atoms with Gasteiger partial charge in [0.2, 0.25) is 5.91 Å². The first-order valence-corrected chi connectivity index (χ1v) is 9.56. The molecule has 1 aromatic heterocycles. The molecule has 1 aliphatic heterocycles. The number of hydrogen-bond acceptors (Lipinski definition) is 6. The van der Waals surface area contributed by atoms with E-state index in [-0.39, 0.29) is 11.9 Å². The van der Waals surface area contributed by atoms with Gasteiger partial charge in [-0.15, -0.1) is 22.0 Å². The molecule has 4 nitrogen and oxygen atoms in total. The molecule has 1 atom stereocenters. The summed E-state index contributed by atoms with van der Waals surface area (Å²) < 4.78 is 0.813. The predicted octanol–water partition coefficient (Wildman–Crippen LogP) is 3.64. The van der Waals surface area contributed by atoms with Crippen molar-refractivity contribution < 1.29 is 4.79 Å². The van der Waals surface area contributed by atoms with Gasteiger partial charge in [0, 0.05) is 15.7 Å². The standard InChI is InChI=1S/C13H12ClN3OS3/c14-8-1-2-11-9(5-8)10(3-4-19-11)16-12(18)6-20-13-17-15-7-21-13/h1-2,5,7,10H,3-4,6H2,(H,16,18). The van der Waals surface area contributed by atoms with Crippen LogP contribution in [-0.2, 0) is 4.79 Å².